The molecule has 3 fully saturated rings. The molecular weight excluding hydrogens is 1330 g/mol. The van der Waals surface area contributed by atoms with Crippen molar-refractivity contribution >= 4 is 35.2 Å². The second-order valence-electron chi connectivity index (χ2n) is 32.2. The van der Waals surface area contributed by atoms with Crippen LogP contribution < -0.4 is 11.5 Å². The maximum atomic E-state index is 7.27. The molecule has 0 amide bonds. The number of hydrogen-bond acceptors (Lipinski definition) is 8. The minimum atomic E-state index is 0. The van der Waals surface area contributed by atoms with Gasteiger partial charge < -0.3 is 16.4 Å². The molecule has 4 aliphatic rings. The summed E-state index contributed by atoms with van der Waals surface area (Å²) in [6, 6.07) is 42.6. The third kappa shape index (κ3) is 32.2. The highest BCUT2D eigenvalue weighted by atomic mass is 35.5. The number of fused-ring (bicyclic) bond motifs is 1. The van der Waals surface area contributed by atoms with E-state index in [0.29, 0.717) is 47.1 Å². The van der Waals surface area contributed by atoms with E-state index in [1.54, 1.807) is 38.7 Å². The topological polar surface area (TPSA) is 166 Å². The highest BCUT2D eigenvalue weighted by molar-refractivity contribution is 6.31. The van der Waals surface area contributed by atoms with Crippen LogP contribution in [0.15, 0.2) is 140 Å². The van der Waals surface area contributed by atoms with Crippen LogP contribution in [0.2, 0.25) is 10.0 Å². The third-order valence-electron chi connectivity index (χ3n) is 20.9. The van der Waals surface area contributed by atoms with Gasteiger partial charge in [-0.1, -0.05) is 277 Å². The van der Waals surface area contributed by atoms with Crippen LogP contribution in [0.1, 0.15) is 305 Å². The van der Waals surface area contributed by atoms with Crippen molar-refractivity contribution in [2.45, 2.75) is 271 Å². The molecule has 1 aliphatic heterocycles. The molecule has 576 valence electrons. The van der Waals surface area contributed by atoms with E-state index in [1.165, 1.54) is 115 Å². The fourth-order valence-electron chi connectivity index (χ4n) is 13.3. The summed E-state index contributed by atoms with van der Waals surface area (Å²) < 4.78 is 3.29. The van der Waals surface area contributed by atoms with Crippen LogP contribution in [-0.4, -0.2) is 64.4 Å². The zero-order valence-electron chi connectivity index (χ0n) is 67.6. The fourth-order valence-corrected chi connectivity index (χ4v) is 13.6. The lowest BCUT2D eigenvalue weighted by atomic mass is 9.76. The number of aromatic nitrogens is 8. The van der Waals surface area contributed by atoms with Crippen molar-refractivity contribution in [1.82, 2.24) is 45.3 Å². The van der Waals surface area contributed by atoms with Gasteiger partial charge in [-0.05, 0) is 268 Å². The van der Waals surface area contributed by atoms with Gasteiger partial charge in [-0.15, -0.1) is 10.2 Å². The molecule has 2 saturated carbocycles. The van der Waals surface area contributed by atoms with E-state index < -0.39 is 0 Å². The van der Waals surface area contributed by atoms with Gasteiger partial charge in [0.1, 0.15) is 12.7 Å². The molecule has 0 bridgehead atoms. The predicted octanol–water partition coefficient (Wildman–Crippen LogP) is 24.9. The first kappa shape index (κ1) is 90.4. The summed E-state index contributed by atoms with van der Waals surface area (Å²) in [7, 11) is 0. The summed E-state index contributed by atoms with van der Waals surface area (Å²) in [5.74, 6) is 10.3. The zero-order chi connectivity index (χ0) is 76.6. The largest absolute Gasteiger partial charge is 0.370 e. The lowest BCUT2D eigenvalue weighted by Gasteiger charge is -2.33. The molecule has 12 nitrogen and oxygen atoms in total. The molecule has 105 heavy (non-hydrogen) atoms. The van der Waals surface area contributed by atoms with Crippen LogP contribution in [0.3, 0.4) is 0 Å². The summed E-state index contributed by atoms with van der Waals surface area (Å²) in [4.78, 5) is 1.96. The Labute approximate surface area is 647 Å². The number of allylic oxidation sites excluding steroid dienone is 1. The Morgan fingerprint density at radius 3 is 1.53 bits per heavy atom. The van der Waals surface area contributed by atoms with Crippen molar-refractivity contribution in [3.8, 4) is 11.4 Å². The maximum absolute atomic E-state index is 7.27. The van der Waals surface area contributed by atoms with Gasteiger partial charge in [0.25, 0.3) is 0 Å². The Hall–Kier alpha value is -6.99. The predicted molar refractivity (Wildman–Crippen MR) is 452 cm³/mol. The zero-order valence-corrected chi connectivity index (χ0v) is 69.1. The summed E-state index contributed by atoms with van der Waals surface area (Å²) in [6.07, 6.45) is 24.6. The average molecular weight is 1470 g/mol. The summed E-state index contributed by atoms with van der Waals surface area (Å²) in [5.41, 5.74) is 29.6. The minimum absolute atomic E-state index is 0. The van der Waals surface area contributed by atoms with Crippen LogP contribution >= 0.6 is 23.2 Å². The number of aryl methyl sites for hydroxylation is 4. The number of nitrogens with two attached hydrogens (primary N) is 2. The Kier molecular flexibility index (Phi) is 40.4. The second kappa shape index (κ2) is 46.9. The molecule has 3 aliphatic carbocycles. The van der Waals surface area contributed by atoms with Crippen LogP contribution in [0.25, 0.3) is 17.5 Å². The van der Waals surface area contributed by atoms with Crippen molar-refractivity contribution in [2.24, 2.45) is 52.9 Å². The number of likely N-dealkylation sites (tertiary alicyclic amines) is 1. The number of benzene rings is 6. The Bertz CT molecular complexity index is 3700. The van der Waals surface area contributed by atoms with Crippen molar-refractivity contribution in [1.29, 1.82) is 5.41 Å². The number of guanidine groups is 1. The molecule has 6 aromatic carbocycles. The first-order valence-corrected chi connectivity index (χ1v) is 40.1. The van der Waals surface area contributed by atoms with E-state index in [0.717, 1.165) is 89.3 Å². The number of rotatable bonds is 16. The minimum Gasteiger partial charge on any atom is -0.370 e. The molecule has 14 heteroatoms. The molecular formula is C91H138Cl2N12. The molecule has 1 unspecified atom stereocenters. The fraction of sp³-hybridized carbons (Fsp3) is 0.549. The van der Waals surface area contributed by atoms with Crippen LogP contribution in [0.5, 0.6) is 0 Å². The van der Waals surface area contributed by atoms with Gasteiger partial charge in [-0.25, -0.2) is 4.68 Å². The molecule has 0 radical (unpaired) electrons. The SMILES string of the molecule is C.CC(C)/C=C/c1cc(Cl)ccc1-n1cnnn1.CC(C)C1CCN(C(=N)N)CC1.CC(C)CCc1cc(Cl)ccc1-n1cnnn1.CC(C)c1ccc(CN)cc1.CC(C)c1ccc2c(c1)CCC2C.CCC1CCC(C(C)C)CC1.Cc1ccc(C(C)C)cc1.Cc1ccc(C(C)C)cc1C1CC1. The van der Waals surface area contributed by atoms with Gasteiger partial charge in [0, 0.05) is 35.2 Å². The monoisotopic (exact) mass is 1470 g/mol. The smallest absolute Gasteiger partial charge is 0.188 e. The molecule has 3 heterocycles. The molecule has 5 N–H and O–H groups in total. The average Bonchev–Trinajstić information content (AvgIpc) is 1.67. The number of tetrazole rings is 2. The number of piperidine rings is 1. The van der Waals surface area contributed by atoms with Crippen molar-refractivity contribution in [2.75, 3.05) is 13.1 Å². The van der Waals surface area contributed by atoms with Gasteiger partial charge in [0.05, 0.1) is 11.4 Å². The molecule has 1 saturated heterocycles. The second-order valence-corrected chi connectivity index (χ2v) is 33.0. The van der Waals surface area contributed by atoms with E-state index in [2.05, 4.69) is 261 Å². The van der Waals surface area contributed by atoms with E-state index in [9.17, 15) is 0 Å². The normalized spacial score (nSPS) is 16.1. The van der Waals surface area contributed by atoms with Crippen molar-refractivity contribution in [3.05, 3.63) is 217 Å². The van der Waals surface area contributed by atoms with Crippen molar-refractivity contribution in [3.63, 3.8) is 0 Å². The van der Waals surface area contributed by atoms with Crippen LogP contribution in [0, 0.1) is 60.7 Å². The first-order valence-electron chi connectivity index (χ1n) is 39.4. The highest BCUT2D eigenvalue weighted by Crippen LogP contribution is 2.42. The number of nitrogens with one attached hydrogen (secondary N) is 1. The molecule has 12 rings (SSSR count). The molecule has 1 atom stereocenters. The van der Waals surface area contributed by atoms with E-state index >= 15 is 0 Å². The number of hydrogen-bond donors (Lipinski definition) is 3. The van der Waals surface area contributed by atoms with Gasteiger partial charge in [-0.2, -0.15) is 4.68 Å². The van der Waals surface area contributed by atoms with Gasteiger partial charge in [-0.3, -0.25) is 5.41 Å². The van der Waals surface area contributed by atoms with E-state index in [1.807, 2.05) is 47.4 Å². The van der Waals surface area contributed by atoms with E-state index in [-0.39, 0.29) is 13.4 Å². The van der Waals surface area contributed by atoms with Crippen LogP contribution in [-0.2, 0) is 19.4 Å². The Morgan fingerprint density at radius 2 is 1.06 bits per heavy atom. The summed E-state index contributed by atoms with van der Waals surface area (Å²) in [5, 5.41) is 31.1. The summed E-state index contributed by atoms with van der Waals surface area (Å²) in [6.45, 7) is 47.4. The van der Waals surface area contributed by atoms with Crippen LogP contribution in [0.4, 0.5) is 0 Å². The van der Waals surface area contributed by atoms with Gasteiger partial charge in [0.2, 0.25) is 0 Å². The molecule has 8 aromatic rings. The highest BCUT2D eigenvalue weighted by Gasteiger charge is 2.26. The standard InChI is InChI=1S/2C13H18.C12H15ClN4.C12H13ClN4.C11H22.C10H15N.C10H14.C9H19N3.CH4/c1-9(2)11-6-7-13-10(3)4-5-12(13)8-11;1-9(2)12-5-4-10(3)13(8-12)11-6-7-11;2*1-9(2)3-4-10-7-11(13)5-6-12(10)17-8-14-15-16-17;1-4-10-5-7-11(8-6-10)9(2)3;1-8(2)10-5-3-9(7-11)4-6-10;1-8(2)10-6-4-9(3)5-7-10;1-7(2)8-3-5-12(6-4-8)9(10)11;/h6-10H,4-5H2,1-3H3;4-5,8-9,11H,6-7H2,1-3H3;5-9H,3-4H2,1-2H3;3-9H,1-2H3;9-11H,4-8H2,1-3H3;3-6,8H,7,11H2,1-2H3;4-8H,1-3H3;7-8H,3-6H2,1-2H3,(H3,10,11);1H4/b;;;4-3+;;;;;. The maximum Gasteiger partial charge on any atom is 0.188 e. The van der Waals surface area contributed by atoms with Gasteiger partial charge in [0.15, 0.2) is 5.96 Å². The summed E-state index contributed by atoms with van der Waals surface area (Å²) >= 11 is 12.0. The Balaban J connectivity index is 0.000000255. The Morgan fingerprint density at radius 1 is 0.562 bits per heavy atom. The quantitative estimate of drug-likeness (QED) is 0.0630. The van der Waals surface area contributed by atoms with E-state index in [4.69, 9.17) is 40.1 Å². The third-order valence-corrected chi connectivity index (χ3v) is 21.4. The lowest BCUT2D eigenvalue weighted by Crippen LogP contribution is -2.42. The first-order chi connectivity index (χ1) is 49.5. The number of halogens is 2. The molecule has 0 spiro atoms. The number of nitrogens with zero attached hydrogens (tertiary/aromatic N) is 9. The van der Waals surface area contributed by atoms with Crippen molar-refractivity contribution < 1.29 is 0 Å². The lowest BCUT2D eigenvalue weighted by molar-refractivity contribution is 0.218. The van der Waals surface area contributed by atoms with Gasteiger partial charge >= 0.3 is 0 Å². The molecule has 2 aromatic heterocycles.